The van der Waals surface area contributed by atoms with Crippen LogP contribution < -0.4 is 4.74 Å². The number of methoxy groups -OCH3 is 1. The number of hydrogen-bond acceptors (Lipinski definition) is 4. The first-order valence-corrected chi connectivity index (χ1v) is 4.30. The fraction of sp³-hybridized carbons (Fsp3) is 0.200. The zero-order chi connectivity index (χ0) is 12.3. The van der Waals surface area contributed by atoms with Crippen LogP contribution in [-0.4, -0.2) is 34.4 Å². The van der Waals surface area contributed by atoms with Crippen LogP contribution in [0.5, 0.6) is 11.5 Å². The van der Waals surface area contributed by atoms with Crippen molar-refractivity contribution in [3.05, 3.63) is 23.3 Å². The lowest BCUT2D eigenvalue weighted by Gasteiger charge is -2.09. The maximum atomic E-state index is 10.7. The van der Waals surface area contributed by atoms with Gasteiger partial charge in [-0.3, -0.25) is 4.79 Å². The molecule has 0 saturated heterocycles. The lowest BCUT2D eigenvalue weighted by Crippen LogP contribution is -2.05. The quantitative estimate of drug-likeness (QED) is 0.699. The lowest BCUT2D eigenvalue weighted by atomic mass is 10.1. The Bertz CT molecular complexity index is 437. The number of carboxylic acids is 2. The third-order valence-electron chi connectivity index (χ3n) is 1.97. The summed E-state index contributed by atoms with van der Waals surface area (Å²) in [7, 11) is 1.31. The number of hydrogen-bond donors (Lipinski definition) is 3. The van der Waals surface area contributed by atoms with Gasteiger partial charge >= 0.3 is 11.9 Å². The van der Waals surface area contributed by atoms with Gasteiger partial charge in [-0.2, -0.15) is 0 Å². The third kappa shape index (κ3) is 2.41. The first-order valence-electron chi connectivity index (χ1n) is 4.30. The molecule has 6 nitrogen and oxygen atoms in total. The normalized spacial score (nSPS) is 9.81. The molecule has 0 fully saturated rings. The Balaban J connectivity index is 3.28. The Morgan fingerprint density at radius 1 is 1.31 bits per heavy atom. The molecule has 1 rings (SSSR count). The van der Waals surface area contributed by atoms with Crippen molar-refractivity contribution in [1.29, 1.82) is 0 Å². The smallest absolute Gasteiger partial charge is 0.339 e. The standard InChI is InChI=1S/C10H10O6/c1-16-8-4-7(11)6(10(14)15)2-5(8)3-9(12)13/h2,4,11H,3H2,1H3,(H,12,13)(H,14,15). The molecule has 86 valence electrons. The van der Waals surface area contributed by atoms with Gasteiger partial charge in [0.05, 0.1) is 13.5 Å². The minimum atomic E-state index is -1.33. The summed E-state index contributed by atoms with van der Waals surface area (Å²) in [5.74, 6) is -2.75. The van der Waals surface area contributed by atoms with Crippen LogP contribution in [-0.2, 0) is 11.2 Å². The van der Waals surface area contributed by atoms with E-state index in [1.807, 2.05) is 0 Å². The number of aliphatic carboxylic acids is 1. The van der Waals surface area contributed by atoms with E-state index in [1.54, 1.807) is 0 Å². The summed E-state index contributed by atoms with van der Waals surface area (Å²) in [4.78, 5) is 21.2. The molecular formula is C10H10O6. The third-order valence-corrected chi connectivity index (χ3v) is 1.97. The molecule has 3 N–H and O–H groups in total. The molecular weight excluding hydrogens is 216 g/mol. The Hall–Kier alpha value is -2.24. The Kier molecular flexibility index (Phi) is 3.34. The van der Waals surface area contributed by atoms with Gasteiger partial charge in [-0.25, -0.2) is 4.79 Å². The molecule has 0 aromatic heterocycles. The molecule has 0 radical (unpaired) electrons. The molecule has 0 saturated carbocycles. The molecule has 6 heteroatoms. The van der Waals surface area contributed by atoms with Gasteiger partial charge in [-0.15, -0.1) is 0 Å². The number of carbonyl (C=O) groups is 2. The highest BCUT2D eigenvalue weighted by atomic mass is 16.5. The second-order valence-corrected chi connectivity index (χ2v) is 3.06. The fourth-order valence-electron chi connectivity index (χ4n) is 1.28. The highest BCUT2D eigenvalue weighted by Crippen LogP contribution is 2.28. The van der Waals surface area contributed by atoms with Gasteiger partial charge < -0.3 is 20.1 Å². The number of rotatable bonds is 4. The van der Waals surface area contributed by atoms with Crippen LogP contribution in [0.3, 0.4) is 0 Å². The number of phenols is 1. The molecule has 0 heterocycles. The molecule has 1 aromatic rings. The molecule has 0 aliphatic heterocycles. The van der Waals surface area contributed by atoms with E-state index in [9.17, 15) is 14.7 Å². The topological polar surface area (TPSA) is 104 Å². The molecule has 0 atom stereocenters. The van der Waals surface area contributed by atoms with Crippen molar-refractivity contribution in [3.8, 4) is 11.5 Å². The van der Waals surface area contributed by atoms with Gasteiger partial charge in [0, 0.05) is 11.6 Å². The molecule has 0 unspecified atom stereocenters. The van der Waals surface area contributed by atoms with E-state index in [-0.39, 0.29) is 23.3 Å². The average molecular weight is 226 g/mol. The van der Waals surface area contributed by atoms with Crippen LogP contribution >= 0.6 is 0 Å². The summed E-state index contributed by atoms with van der Waals surface area (Å²) in [5.41, 5.74) is -0.151. The molecule has 0 bridgehead atoms. The van der Waals surface area contributed by atoms with E-state index in [1.165, 1.54) is 7.11 Å². The number of aromatic carboxylic acids is 1. The summed E-state index contributed by atoms with van der Waals surface area (Å²) < 4.78 is 4.85. The van der Waals surface area contributed by atoms with E-state index in [2.05, 4.69) is 0 Å². The molecule has 0 aliphatic carbocycles. The van der Waals surface area contributed by atoms with E-state index in [4.69, 9.17) is 14.9 Å². The molecule has 16 heavy (non-hydrogen) atoms. The minimum absolute atomic E-state index is 0.143. The van der Waals surface area contributed by atoms with Crippen molar-refractivity contribution in [1.82, 2.24) is 0 Å². The number of carboxylic acid groups (broad SMARTS) is 2. The summed E-state index contributed by atoms with van der Waals surface area (Å²) in [6, 6.07) is 2.17. The van der Waals surface area contributed by atoms with Crippen LogP contribution in [0, 0.1) is 0 Å². The lowest BCUT2D eigenvalue weighted by molar-refractivity contribution is -0.136. The van der Waals surface area contributed by atoms with Gasteiger partial charge in [0.1, 0.15) is 17.1 Å². The monoisotopic (exact) mass is 226 g/mol. The molecule has 0 aliphatic rings. The second-order valence-electron chi connectivity index (χ2n) is 3.06. The summed E-state index contributed by atoms with van der Waals surface area (Å²) in [5, 5.41) is 26.7. The van der Waals surface area contributed by atoms with E-state index in [0.29, 0.717) is 0 Å². The highest BCUT2D eigenvalue weighted by molar-refractivity contribution is 5.91. The van der Waals surface area contributed by atoms with Crippen LogP contribution in [0.4, 0.5) is 0 Å². The zero-order valence-corrected chi connectivity index (χ0v) is 8.43. The largest absolute Gasteiger partial charge is 0.507 e. The first kappa shape index (κ1) is 11.8. The van der Waals surface area contributed by atoms with Gasteiger partial charge in [-0.05, 0) is 6.07 Å². The van der Waals surface area contributed by atoms with Crippen LogP contribution in [0.15, 0.2) is 12.1 Å². The zero-order valence-electron chi connectivity index (χ0n) is 8.43. The summed E-state index contributed by atoms with van der Waals surface area (Å²) in [6.45, 7) is 0. The summed E-state index contributed by atoms with van der Waals surface area (Å²) >= 11 is 0. The number of aromatic hydroxyl groups is 1. The predicted octanol–water partition coefficient (Wildman–Crippen LogP) is 0.726. The van der Waals surface area contributed by atoms with Crippen LogP contribution in [0.2, 0.25) is 0 Å². The second kappa shape index (κ2) is 4.52. The van der Waals surface area contributed by atoms with Crippen LogP contribution in [0.1, 0.15) is 15.9 Å². The molecule has 0 spiro atoms. The van der Waals surface area contributed by atoms with Crippen molar-refractivity contribution >= 4 is 11.9 Å². The first-order chi connectivity index (χ1) is 7.45. The fourth-order valence-corrected chi connectivity index (χ4v) is 1.28. The number of ether oxygens (including phenoxy) is 1. The van der Waals surface area contributed by atoms with Crippen molar-refractivity contribution < 1.29 is 29.6 Å². The Morgan fingerprint density at radius 2 is 1.94 bits per heavy atom. The van der Waals surface area contributed by atoms with Gasteiger partial charge in [0.25, 0.3) is 0 Å². The van der Waals surface area contributed by atoms with Gasteiger partial charge in [0.15, 0.2) is 0 Å². The van der Waals surface area contributed by atoms with E-state index < -0.39 is 17.7 Å². The van der Waals surface area contributed by atoms with Crippen molar-refractivity contribution in [2.75, 3.05) is 7.11 Å². The minimum Gasteiger partial charge on any atom is -0.507 e. The van der Waals surface area contributed by atoms with Gasteiger partial charge in [0.2, 0.25) is 0 Å². The Labute approximate surface area is 90.7 Å². The van der Waals surface area contributed by atoms with Crippen molar-refractivity contribution in [3.63, 3.8) is 0 Å². The highest BCUT2D eigenvalue weighted by Gasteiger charge is 2.16. The van der Waals surface area contributed by atoms with Crippen LogP contribution in [0.25, 0.3) is 0 Å². The average Bonchev–Trinajstić information content (AvgIpc) is 2.18. The maximum Gasteiger partial charge on any atom is 0.339 e. The summed E-state index contributed by atoms with van der Waals surface area (Å²) in [6.07, 6.45) is -0.371. The Morgan fingerprint density at radius 3 is 2.38 bits per heavy atom. The molecule has 1 aromatic carbocycles. The number of benzene rings is 1. The van der Waals surface area contributed by atoms with E-state index in [0.717, 1.165) is 12.1 Å². The van der Waals surface area contributed by atoms with Crippen molar-refractivity contribution in [2.45, 2.75) is 6.42 Å². The maximum absolute atomic E-state index is 10.7. The van der Waals surface area contributed by atoms with Crippen molar-refractivity contribution in [2.24, 2.45) is 0 Å². The van der Waals surface area contributed by atoms with E-state index >= 15 is 0 Å². The predicted molar refractivity (Wildman–Crippen MR) is 53.0 cm³/mol. The molecule has 0 amide bonds. The van der Waals surface area contributed by atoms with Gasteiger partial charge in [-0.1, -0.05) is 0 Å². The SMILES string of the molecule is COc1cc(O)c(C(=O)O)cc1CC(=O)O.